The summed E-state index contributed by atoms with van der Waals surface area (Å²) in [5.74, 6) is 0. The lowest BCUT2D eigenvalue weighted by Gasteiger charge is -2.20. The smallest absolute Gasteiger partial charge is 0.0216 e. The monoisotopic (exact) mass is 258 g/mol. The van der Waals surface area contributed by atoms with E-state index in [1.807, 2.05) is 0 Å². The van der Waals surface area contributed by atoms with Gasteiger partial charge in [0.2, 0.25) is 0 Å². The molecule has 0 saturated heterocycles. The van der Waals surface area contributed by atoms with Crippen LogP contribution in [-0.4, -0.2) is 6.54 Å². The Bertz CT molecular complexity index is 505. The molecule has 0 amide bonds. The Balaban J connectivity index is 1.65. The Hall–Kier alpha value is -1.16. The third-order valence-electron chi connectivity index (χ3n) is 3.46. The highest BCUT2D eigenvalue weighted by molar-refractivity contribution is 7.07. The predicted octanol–water partition coefficient (Wildman–Crippen LogP) is 2.68. The van der Waals surface area contributed by atoms with Crippen LogP contribution in [0.2, 0.25) is 0 Å². The predicted molar refractivity (Wildman–Crippen MR) is 76.7 cm³/mol. The van der Waals surface area contributed by atoms with Crippen molar-refractivity contribution in [2.24, 2.45) is 0 Å². The zero-order chi connectivity index (χ0) is 12.2. The number of fused-ring (bicyclic) bond motifs is 1. The van der Waals surface area contributed by atoms with E-state index in [1.165, 1.54) is 16.7 Å². The van der Waals surface area contributed by atoms with Crippen molar-refractivity contribution in [2.75, 3.05) is 6.54 Å². The van der Waals surface area contributed by atoms with Crippen LogP contribution < -0.4 is 10.6 Å². The van der Waals surface area contributed by atoms with Gasteiger partial charge in [-0.25, -0.2) is 0 Å². The third kappa shape index (κ3) is 2.64. The van der Waals surface area contributed by atoms with Crippen molar-refractivity contribution in [1.82, 2.24) is 10.6 Å². The number of hydrogen-bond acceptors (Lipinski definition) is 3. The molecule has 0 unspecified atom stereocenters. The number of hydrogen-bond donors (Lipinski definition) is 2. The summed E-state index contributed by atoms with van der Waals surface area (Å²) in [6, 6.07) is 8.85. The lowest BCUT2D eigenvalue weighted by molar-refractivity contribution is 0.626. The lowest BCUT2D eigenvalue weighted by atomic mass is 9.95. The van der Waals surface area contributed by atoms with E-state index in [-0.39, 0.29) is 0 Å². The summed E-state index contributed by atoms with van der Waals surface area (Å²) in [5, 5.41) is 11.3. The maximum atomic E-state index is 3.54. The molecule has 2 aromatic rings. The molecule has 2 N–H and O–H groups in total. The largest absolute Gasteiger partial charge is 0.312 e. The van der Waals surface area contributed by atoms with Crippen LogP contribution in [0.4, 0.5) is 0 Å². The zero-order valence-corrected chi connectivity index (χ0v) is 11.2. The molecular formula is C15H18N2S. The molecule has 1 aliphatic rings. The van der Waals surface area contributed by atoms with Gasteiger partial charge in [-0.3, -0.25) is 0 Å². The van der Waals surface area contributed by atoms with Crippen LogP contribution in [0.3, 0.4) is 0 Å². The highest BCUT2D eigenvalue weighted by Gasteiger charge is 2.11. The van der Waals surface area contributed by atoms with E-state index in [0.29, 0.717) is 0 Å². The second-order valence-corrected chi connectivity index (χ2v) is 5.50. The van der Waals surface area contributed by atoms with E-state index in [4.69, 9.17) is 0 Å². The summed E-state index contributed by atoms with van der Waals surface area (Å²) >= 11 is 1.76. The van der Waals surface area contributed by atoms with Gasteiger partial charge in [0.05, 0.1) is 0 Å². The standard InChI is InChI=1S/C15H18N2S/c1-2-13-9-16-6-4-15(13)14(3-1)10-17-8-12-5-7-18-11-12/h1-3,5,7,11,16-17H,4,6,8-10H2. The molecule has 0 atom stereocenters. The minimum absolute atomic E-state index is 0.964. The quantitative estimate of drug-likeness (QED) is 0.881. The van der Waals surface area contributed by atoms with Crippen LogP contribution in [0, 0.1) is 0 Å². The molecule has 3 rings (SSSR count). The van der Waals surface area contributed by atoms with E-state index in [2.05, 4.69) is 45.7 Å². The average Bonchev–Trinajstić information content (AvgIpc) is 2.92. The molecule has 3 heteroatoms. The van der Waals surface area contributed by atoms with Gasteiger partial charge in [0.15, 0.2) is 0 Å². The van der Waals surface area contributed by atoms with E-state index in [1.54, 1.807) is 16.9 Å². The summed E-state index contributed by atoms with van der Waals surface area (Å²) in [4.78, 5) is 0. The van der Waals surface area contributed by atoms with Gasteiger partial charge in [-0.1, -0.05) is 18.2 Å². The summed E-state index contributed by atoms with van der Waals surface area (Å²) < 4.78 is 0. The first-order valence-electron chi connectivity index (χ1n) is 6.45. The van der Waals surface area contributed by atoms with Crippen molar-refractivity contribution >= 4 is 11.3 Å². The third-order valence-corrected chi connectivity index (χ3v) is 4.19. The van der Waals surface area contributed by atoms with Crippen molar-refractivity contribution in [1.29, 1.82) is 0 Å². The van der Waals surface area contributed by atoms with Crippen molar-refractivity contribution in [3.05, 3.63) is 57.3 Å². The van der Waals surface area contributed by atoms with Crippen molar-refractivity contribution < 1.29 is 0 Å². The van der Waals surface area contributed by atoms with Gasteiger partial charge < -0.3 is 10.6 Å². The molecule has 0 fully saturated rings. The highest BCUT2D eigenvalue weighted by atomic mass is 32.1. The second kappa shape index (κ2) is 5.65. The molecule has 1 aromatic carbocycles. The van der Waals surface area contributed by atoms with Crippen LogP contribution in [0.5, 0.6) is 0 Å². The van der Waals surface area contributed by atoms with Crippen LogP contribution in [0.15, 0.2) is 35.0 Å². The summed E-state index contributed by atoms with van der Waals surface area (Å²) in [6.45, 7) is 4.06. The number of rotatable bonds is 4. The fourth-order valence-corrected chi connectivity index (χ4v) is 3.18. The van der Waals surface area contributed by atoms with Gasteiger partial charge in [-0.05, 0) is 52.0 Å². The molecule has 0 bridgehead atoms. The zero-order valence-electron chi connectivity index (χ0n) is 10.4. The van der Waals surface area contributed by atoms with Crippen molar-refractivity contribution in [3.8, 4) is 0 Å². The van der Waals surface area contributed by atoms with E-state index >= 15 is 0 Å². The van der Waals surface area contributed by atoms with E-state index < -0.39 is 0 Å². The Morgan fingerprint density at radius 3 is 3.11 bits per heavy atom. The molecule has 94 valence electrons. The highest BCUT2D eigenvalue weighted by Crippen LogP contribution is 2.18. The Labute approximate surface area is 112 Å². The second-order valence-electron chi connectivity index (χ2n) is 4.72. The van der Waals surface area contributed by atoms with E-state index in [9.17, 15) is 0 Å². The van der Waals surface area contributed by atoms with E-state index in [0.717, 1.165) is 32.6 Å². The average molecular weight is 258 g/mol. The molecule has 1 aromatic heterocycles. The molecule has 2 heterocycles. The molecule has 0 saturated carbocycles. The molecule has 2 nitrogen and oxygen atoms in total. The fourth-order valence-electron chi connectivity index (χ4n) is 2.51. The molecule has 18 heavy (non-hydrogen) atoms. The topological polar surface area (TPSA) is 24.1 Å². The van der Waals surface area contributed by atoms with Gasteiger partial charge >= 0.3 is 0 Å². The van der Waals surface area contributed by atoms with Crippen LogP contribution >= 0.6 is 11.3 Å². The minimum atomic E-state index is 0.964. The van der Waals surface area contributed by atoms with Crippen molar-refractivity contribution in [3.63, 3.8) is 0 Å². The number of benzene rings is 1. The van der Waals surface area contributed by atoms with Crippen molar-refractivity contribution in [2.45, 2.75) is 26.1 Å². The van der Waals surface area contributed by atoms with Gasteiger partial charge in [0.25, 0.3) is 0 Å². The maximum Gasteiger partial charge on any atom is 0.0216 e. The SMILES string of the molecule is c1cc2c(c(CNCc3ccsc3)c1)CCNC2. The first kappa shape index (κ1) is 11.9. The summed E-state index contributed by atoms with van der Waals surface area (Å²) in [6.07, 6.45) is 1.16. The van der Waals surface area contributed by atoms with Crippen LogP contribution in [-0.2, 0) is 26.1 Å². The summed E-state index contributed by atoms with van der Waals surface area (Å²) in [5.41, 5.74) is 5.86. The van der Waals surface area contributed by atoms with Crippen LogP contribution in [0.25, 0.3) is 0 Å². The Morgan fingerprint density at radius 2 is 2.22 bits per heavy atom. The molecule has 0 aliphatic carbocycles. The number of thiophene rings is 1. The van der Waals surface area contributed by atoms with Gasteiger partial charge in [0.1, 0.15) is 0 Å². The molecule has 1 aliphatic heterocycles. The first-order valence-corrected chi connectivity index (χ1v) is 7.40. The van der Waals surface area contributed by atoms with Gasteiger partial charge in [-0.15, -0.1) is 0 Å². The molecule has 0 spiro atoms. The molecular weight excluding hydrogens is 240 g/mol. The summed E-state index contributed by atoms with van der Waals surface area (Å²) in [7, 11) is 0. The van der Waals surface area contributed by atoms with Gasteiger partial charge in [0, 0.05) is 19.6 Å². The number of nitrogens with one attached hydrogen (secondary N) is 2. The van der Waals surface area contributed by atoms with Crippen LogP contribution in [0.1, 0.15) is 22.3 Å². The fraction of sp³-hybridized carbons (Fsp3) is 0.333. The first-order chi connectivity index (χ1) is 8.93. The normalized spacial score (nSPS) is 14.4. The minimum Gasteiger partial charge on any atom is -0.312 e. The lowest BCUT2D eigenvalue weighted by Crippen LogP contribution is -2.25. The molecule has 0 radical (unpaired) electrons. The Morgan fingerprint density at radius 1 is 1.22 bits per heavy atom. The Kier molecular flexibility index (Phi) is 3.74. The van der Waals surface area contributed by atoms with Gasteiger partial charge in [-0.2, -0.15) is 11.3 Å². The maximum absolute atomic E-state index is 3.54.